The van der Waals surface area contributed by atoms with Crippen molar-refractivity contribution in [2.45, 2.75) is 26.1 Å². The smallest absolute Gasteiger partial charge is 0.340 e. The van der Waals surface area contributed by atoms with Crippen LogP contribution in [0.15, 0.2) is 103 Å². The van der Waals surface area contributed by atoms with Gasteiger partial charge in [-0.05, 0) is 65.6 Å². The highest BCUT2D eigenvalue weighted by Gasteiger charge is 2.35. The lowest BCUT2D eigenvalue weighted by Crippen LogP contribution is -2.32. The highest BCUT2D eigenvalue weighted by Crippen LogP contribution is 2.33. The maximum atomic E-state index is 13.6. The van der Waals surface area contributed by atoms with Gasteiger partial charge in [-0.1, -0.05) is 61.5 Å². The average molecular weight is 541 g/mol. The molecule has 202 valence electrons. The molecule has 1 N–H and O–H groups in total. The first-order chi connectivity index (χ1) is 19.3. The second-order valence-electron chi connectivity index (χ2n) is 9.42. The fourth-order valence-electron chi connectivity index (χ4n) is 4.67. The number of para-hydroxylation sites is 1. The Labute approximate surface area is 230 Å². The van der Waals surface area contributed by atoms with Crippen molar-refractivity contribution in [3.63, 3.8) is 0 Å². The van der Waals surface area contributed by atoms with Crippen LogP contribution in [-0.4, -0.2) is 27.3 Å². The van der Waals surface area contributed by atoms with Gasteiger partial charge in [-0.3, -0.25) is 4.79 Å². The van der Waals surface area contributed by atoms with Crippen molar-refractivity contribution in [3.05, 3.63) is 120 Å². The van der Waals surface area contributed by atoms with Gasteiger partial charge in [0.15, 0.2) is 0 Å². The van der Waals surface area contributed by atoms with Crippen molar-refractivity contribution in [3.8, 4) is 11.1 Å². The Bertz CT molecular complexity index is 1640. The van der Waals surface area contributed by atoms with Crippen molar-refractivity contribution in [2.75, 3.05) is 11.9 Å². The number of hydrogen-bond acceptors (Lipinski definition) is 4. The van der Waals surface area contributed by atoms with Crippen LogP contribution in [-0.2, 0) is 12.7 Å². The molecule has 8 heteroatoms. The maximum Gasteiger partial charge on any atom is 0.417 e. The fraction of sp³-hybridized carbons (Fsp3) is 0.156. The second-order valence-corrected chi connectivity index (χ2v) is 9.42. The molecule has 0 saturated heterocycles. The predicted octanol–water partition coefficient (Wildman–Crippen LogP) is 8.11. The van der Waals surface area contributed by atoms with E-state index >= 15 is 0 Å². The fourth-order valence-corrected chi connectivity index (χ4v) is 4.67. The first-order valence-corrected chi connectivity index (χ1v) is 12.9. The van der Waals surface area contributed by atoms with Gasteiger partial charge in [-0.25, -0.2) is 9.97 Å². The summed E-state index contributed by atoms with van der Waals surface area (Å²) in [6.07, 6.45) is -2.48. The van der Waals surface area contributed by atoms with Crippen molar-refractivity contribution in [1.29, 1.82) is 0 Å². The molecule has 1 heterocycles. The van der Waals surface area contributed by atoms with Gasteiger partial charge < -0.3 is 10.2 Å². The highest BCUT2D eigenvalue weighted by molar-refractivity contribution is 5.96. The molecule has 0 unspecified atom stereocenters. The molecule has 1 amide bonds. The van der Waals surface area contributed by atoms with Gasteiger partial charge in [0.25, 0.3) is 5.91 Å². The summed E-state index contributed by atoms with van der Waals surface area (Å²) in [6, 6.07) is 28.3. The van der Waals surface area contributed by atoms with Crippen LogP contribution in [0.25, 0.3) is 22.0 Å². The molecule has 4 aromatic carbocycles. The van der Waals surface area contributed by atoms with Gasteiger partial charge in [0, 0.05) is 24.2 Å². The van der Waals surface area contributed by atoms with Crippen molar-refractivity contribution in [2.24, 2.45) is 0 Å². The molecule has 0 saturated carbocycles. The molecule has 40 heavy (non-hydrogen) atoms. The summed E-state index contributed by atoms with van der Waals surface area (Å²) < 4.78 is 40.8. The summed E-state index contributed by atoms with van der Waals surface area (Å²) in [5.74, 6) is 0.0388. The van der Waals surface area contributed by atoms with Gasteiger partial charge in [-0.2, -0.15) is 13.2 Å². The Morgan fingerprint density at radius 3 is 2.38 bits per heavy atom. The van der Waals surface area contributed by atoms with Crippen LogP contribution >= 0.6 is 0 Å². The number of nitrogens with one attached hydrogen (secondary N) is 1. The number of carbonyl (C=O) groups is 1. The van der Waals surface area contributed by atoms with E-state index < -0.39 is 17.6 Å². The van der Waals surface area contributed by atoms with Crippen LogP contribution < -0.4 is 5.32 Å². The van der Waals surface area contributed by atoms with Crippen LogP contribution in [0.4, 0.5) is 24.7 Å². The molecule has 5 aromatic rings. The maximum absolute atomic E-state index is 13.6. The zero-order valence-corrected chi connectivity index (χ0v) is 21.8. The largest absolute Gasteiger partial charge is 0.417 e. The quantitative estimate of drug-likeness (QED) is 0.216. The zero-order valence-electron chi connectivity index (χ0n) is 21.8. The van der Waals surface area contributed by atoms with Crippen LogP contribution in [0, 0.1) is 0 Å². The molecule has 0 radical (unpaired) electrons. The van der Waals surface area contributed by atoms with E-state index in [2.05, 4.69) is 15.3 Å². The minimum atomic E-state index is -4.61. The minimum absolute atomic E-state index is 0.185. The number of fused-ring (bicyclic) bond motifs is 1. The first kappa shape index (κ1) is 26.9. The molecule has 0 atom stereocenters. The van der Waals surface area contributed by atoms with Crippen LogP contribution in [0.2, 0.25) is 0 Å². The molecule has 0 bridgehead atoms. The van der Waals surface area contributed by atoms with Crippen molar-refractivity contribution in [1.82, 2.24) is 14.9 Å². The molecule has 0 spiro atoms. The lowest BCUT2D eigenvalue weighted by Gasteiger charge is -2.24. The zero-order chi connectivity index (χ0) is 28.1. The van der Waals surface area contributed by atoms with E-state index in [9.17, 15) is 18.0 Å². The monoisotopic (exact) mass is 540 g/mol. The number of nitrogens with zero attached hydrogens (tertiary/aromatic N) is 3. The van der Waals surface area contributed by atoms with Gasteiger partial charge in [0.1, 0.15) is 12.1 Å². The van der Waals surface area contributed by atoms with Crippen LogP contribution in [0.5, 0.6) is 0 Å². The summed E-state index contributed by atoms with van der Waals surface area (Å²) in [5.41, 5.74) is 3.08. The topological polar surface area (TPSA) is 58.1 Å². The molecular weight excluding hydrogens is 513 g/mol. The predicted molar refractivity (Wildman–Crippen MR) is 151 cm³/mol. The molecule has 0 aliphatic rings. The molecule has 1 aromatic heterocycles. The Morgan fingerprint density at radius 1 is 0.850 bits per heavy atom. The third kappa shape index (κ3) is 5.96. The summed E-state index contributed by atoms with van der Waals surface area (Å²) >= 11 is 0. The SMILES string of the molecule is CCCN(Cc1cccc(-c2ccc3ncnc(Nc4ccccc4)c3c2)c1)C(=O)c1ccccc1C(F)(F)F. The average Bonchev–Trinajstić information content (AvgIpc) is 2.97. The minimum Gasteiger partial charge on any atom is -0.340 e. The normalized spacial score (nSPS) is 11.4. The number of halogens is 3. The second kappa shape index (κ2) is 11.6. The molecular formula is C32H27F3N4O. The van der Waals surface area contributed by atoms with Gasteiger partial charge in [0.2, 0.25) is 0 Å². The molecule has 5 rings (SSSR count). The number of aromatic nitrogens is 2. The van der Waals surface area contributed by atoms with E-state index in [0.29, 0.717) is 18.8 Å². The molecule has 0 aliphatic heterocycles. The third-order valence-electron chi connectivity index (χ3n) is 6.55. The van der Waals surface area contributed by atoms with E-state index in [4.69, 9.17) is 0 Å². The third-order valence-corrected chi connectivity index (χ3v) is 6.55. The Kier molecular flexibility index (Phi) is 7.77. The van der Waals surface area contributed by atoms with Gasteiger partial charge in [0.05, 0.1) is 16.6 Å². The number of alkyl halides is 3. The number of hydrogen-bond donors (Lipinski definition) is 1. The lowest BCUT2D eigenvalue weighted by atomic mass is 10.0. The van der Waals surface area contributed by atoms with Gasteiger partial charge in [-0.15, -0.1) is 0 Å². The van der Waals surface area contributed by atoms with Crippen LogP contribution in [0.1, 0.15) is 34.8 Å². The Morgan fingerprint density at radius 2 is 1.60 bits per heavy atom. The summed E-state index contributed by atoms with van der Waals surface area (Å²) in [6.45, 7) is 2.41. The highest BCUT2D eigenvalue weighted by atomic mass is 19.4. The van der Waals surface area contributed by atoms with E-state index in [1.165, 1.54) is 29.4 Å². The summed E-state index contributed by atoms with van der Waals surface area (Å²) in [5, 5.41) is 4.19. The number of anilines is 2. The van der Waals surface area contributed by atoms with Crippen LogP contribution in [0.3, 0.4) is 0 Å². The van der Waals surface area contributed by atoms with Gasteiger partial charge >= 0.3 is 6.18 Å². The molecule has 5 nitrogen and oxygen atoms in total. The lowest BCUT2D eigenvalue weighted by molar-refractivity contribution is -0.138. The number of amides is 1. The molecule has 0 aliphatic carbocycles. The van der Waals surface area contributed by atoms with E-state index in [1.54, 1.807) is 0 Å². The number of rotatable bonds is 8. The summed E-state index contributed by atoms with van der Waals surface area (Å²) in [4.78, 5) is 23.6. The number of carbonyl (C=O) groups excluding carboxylic acids is 1. The van der Waals surface area contributed by atoms with E-state index in [0.717, 1.165) is 39.3 Å². The Hall–Kier alpha value is -4.72. The van der Waals surface area contributed by atoms with Crippen molar-refractivity contribution < 1.29 is 18.0 Å². The van der Waals surface area contributed by atoms with E-state index in [-0.39, 0.29) is 12.1 Å². The van der Waals surface area contributed by atoms with Crippen molar-refractivity contribution >= 4 is 28.3 Å². The number of benzene rings is 4. The molecule has 0 fully saturated rings. The standard InChI is InChI=1S/C32H27F3N4O/c1-2-17-39(31(40)26-13-6-7-14-28(26)32(33,34)35)20-22-9-8-10-23(18-22)24-15-16-29-27(19-24)30(37-21-36-29)38-25-11-4-3-5-12-25/h3-16,18-19,21H,2,17,20H2,1H3,(H,36,37,38). The Balaban J connectivity index is 1.44. The summed E-state index contributed by atoms with van der Waals surface area (Å²) in [7, 11) is 0. The van der Waals surface area contributed by atoms with E-state index in [1.807, 2.05) is 79.7 Å². The first-order valence-electron chi connectivity index (χ1n) is 12.9.